The van der Waals surface area contributed by atoms with E-state index in [2.05, 4.69) is 20.8 Å². The van der Waals surface area contributed by atoms with Crippen molar-refractivity contribution in [3.63, 3.8) is 0 Å². The minimum Gasteiger partial charge on any atom is -0.454 e. The lowest BCUT2D eigenvalue weighted by atomic mass is 9.69. The number of hydrogen-bond donors (Lipinski definition) is 0. The fourth-order valence-corrected chi connectivity index (χ4v) is 9.62. The van der Waals surface area contributed by atoms with Crippen LogP contribution in [0.2, 0.25) is 0 Å². The molecule has 160 valence electrons. The maximum absolute atomic E-state index is 13.8. The van der Waals surface area contributed by atoms with Crippen molar-refractivity contribution in [3.8, 4) is 11.5 Å². The molecular weight excluding hydrogens is 402 g/mol. The van der Waals surface area contributed by atoms with Crippen molar-refractivity contribution >= 4 is 15.9 Å². The van der Waals surface area contributed by atoms with Crippen molar-refractivity contribution in [3.05, 3.63) is 35.4 Å². The third-order valence-corrected chi connectivity index (χ3v) is 10.8. The lowest BCUT2D eigenvalue weighted by Gasteiger charge is -2.37. The van der Waals surface area contributed by atoms with E-state index in [0.29, 0.717) is 17.4 Å². The Morgan fingerprint density at radius 1 is 1.13 bits per heavy atom. The van der Waals surface area contributed by atoms with Gasteiger partial charge in [-0.1, -0.05) is 32.9 Å². The number of sulfonamides is 1. The molecule has 5 atom stereocenters. The maximum atomic E-state index is 13.8. The molecule has 30 heavy (non-hydrogen) atoms. The second-order valence-corrected chi connectivity index (χ2v) is 12.1. The van der Waals surface area contributed by atoms with Gasteiger partial charge in [0.05, 0.1) is 17.7 Å². The van der Waals surface area contributed by atoms with Crippen molar-refractivity contribution in [2.75, 3.05) is 12.5 Å². The Bertz CT molecular complexity index is 1110. The van der Waals surface area contributed by atoms with Gasteiger partial charge in [-0.2, -0.15) is 0 Å². The fraction of sp³-hybridized carbons (Fsp3) is 0.609. The van der Waals surface area contributed by atoms with Crippen LogP contribution in [-0.2, 0) is 14.8 Å². The average Bonchev–Trinajstić information content (AvgIpc) is 3.35. The molecule has 1 amide bonds. The zero-order valence-electron chi connectivity index (χ0n) is 17.6. The van der Waals surface area contributed by atoms with E-state index in [1.165, 1.54) is 4.31 Å². The van der Waals surface area contributed by atoms with E-state index < -0.39 is 15.9 Å². The van der Waals surface area contributed by atoms with E-state index in [1.807, 2.05) is 24.3 Å². The molecule has 3 aliphatic carbocycles. The Hall–Kier alpha value is -2.02. The van der Waals surface area contributed by atoms with Gasteiger partial charge in [0.2, 0.25) is 22.7 Å². The lowest BCUT2D eigenvalue weighted by molar-refractivity contribution is -0.129. The highest BCUT2D eigenvalue weighted by Crippen LogP contribution is 2.70. The second-order valence-electron chi connectivity index (χ2n) is 10.2. The van der Waals surface area contributed by atoms with Crippen LogP contribution < -0.4 is 9.47 Å². The molecular formula is C23H27NO5S. The molecule has 6 nitrogen and oxygen atoms in total. The van der Waals surface area contributed by atoms with Crippen LogP contribution in [0, 0.1) is 16.7 Å². The summed E-state index contributed by atoms with van der Waals surface area (Å²) in [5.41, 5.74) is 1.47. The highest BCUT2D eigenvalue weighted by Gasteiger charge is 2.72. The Morgan fingerprint density at radius 3 is 2.53 bits per heavy atom. The number of nitrogens with zero attached hydrogens (tertiary/aromatic N) is 1. The Morgan fingerprint density at radius 2 is 1.83 bits per heavy atom. The molecule has 1 spiro atoms. The first-order chi connectivity index (χ1) is 14.2. The van der Waals surface area contributed by atoms with Gasteiger partial charge in [0.25, 0.3) is 0 Å². The van der Waals surface area contributed by atoms with Crippen LogP contribution in [0.25, 0.3) is 0 Å². The largest absolute Gasteiger partial charge is 0.454 e. The summed E-state index contributed by atoms with van der Waals surface area (Å²) in [4.78, 5) is 13.8. The zero-order chi connectivity index (χ0) is 21.1. The molecule has 6 rings (SSSR count). The molecule has 1 aromatic carbocycles. The molecule has 0 unspecified atom stereocenters. The molecule has 2 bridgehead atoms. The van der Waals surface area contributed by atoms with E-state index in [4.69, 9.17) is 9.47 Å². The van der Waals surface area contributed by atoms with Gasteiger partial charge in [-0.05, 0) is 59.8 Å². The van der Waals surface area contributed by atoms with Crippen LogP contribution in [0.3, 0.4) is 0 Å². The predicted octanol–water partition coefficient (Wildman–Crippen LogP) is 3.54. The summed E-state index contributed by atoms with van der Waals surface area (Å²) in [5.74, 6) is 1.08. The van der Waals surface area contributed by atoms with Gasteiger partial charge >= 0.3 is 0 Å². The van der Waals surface area contributed by atoms with Gasteiger partial charge in [-0.25, -0.2) is 12.7 Å². The third kappa shape index (κ3) is 2.09. The first-order valence-corrected chi connectivity index (χ1v) is 12.4. The van der Waals surface area contributed by atoms with Gasteiger partial charge in [0.1, 0.15) is 0 Å². The monoisotopic (exact) mass is 429 g/mol. The molecule has 5 aliphatic rings. The molecule has 2 saturated carbocycles. The SMILES string of the molecule is C[C@@H]1C=C[C@H](C(=O)N2[C@@H]3C[C@H]4CC[C@]3(CS2(=O)=O)C4(C)C)c2cc3c(cc21)OCO3. The van der Waals surface area contributed by atoms with Crippen molar-refractivity contribution in [2.45, 2.75) is 57.9 Å². The van der Waals surface area contributed by atoms with Gasteiger partial charge in [0, 0.05) is 5.41 Å². The second kappa shape index (κ2) is 5.61. The molecule has 7 heteroatoms. The molecule has 1 saturated heterocycles. The van der Waals surface area contributed by atoms with Crippen molar-refractivity contribution in [1.82, 2.24) is 4.31 Å². The molecule has 0 radical (unpaired) electrons. The highest BCUT2D eigenvalue weighted by atomic mass is 32.2. The van der Waals surface area contributed by atoms with E-state index in [9.17, 15) is 13.2 Å². The summed E-state index contributed by atoms with van der Waals surface area (Å²) in [7, 11) is -3.64. The first kappa shape index (κ1) is 18.7. The van der Waals surface area contributed by atoms with Crippen LogP contribution >= 0.6 is 0 Å². The number of hydrogen-bond acceptors (Lipinski definition) is 5. The molecule has 1 aromatic rings. The number of ether oxygens (including phenoxy) is 2. The summed E-state index contributed by atoms with van der Waals surface area (Å²) in [6, 6.07) is 3.59. The summed E-state index contributed by atoms with van der Waals surface area (Å²) >= 11 is 0. The van der Waals surface area contributed by atoms with Gasteiger partial charge in [-0.3, -0.25) is 4.79 Å². The molecule has 0 aromatic heterocycles. The van der Waals surface area contributed by atoms with Crippen molar-refractivity contribution < 1.29 is 22.7 Å². The number of fused-ring (bicyclic) bond motifs is 3. The number of benzene rings is 1. The Kier molecular flexibility index (Phi) is 3.50. The third-order valence-electron chi connectivity index (χ3n) is 8.89. The molecule has 3 fully saturated rings. The average molecular weight is 430 g/mol. The summed E-state index contributed by atoms with van der Waals surface area (Å²) in [6.07, 6.45) is 6.62. The van der Waals surface area contributed by atoms with Gasteiger partial charge in [-0.15, -0.1) is 0 Å². The van der Waals surface area contributed by atoms with E-state index in [0.717, 1.165) is 30.4 Å². The highest BCUT2D eigenvalue weighted by molar-refractivity contribution is 7.90. The maximum Gasteiger partial charge on any atom is 0.247 e. The van der Waals surface area contributed by atoms with Crippen LogP contribution in [0.15, 0.2) is 24.3 Å². The normalized spacial score (nSPS) is 38.6. The number of allylic oxidation sites excluding steroid dienone is 1. The smallest absolute Gasteiger partial charge is 0.247 e. The van der Waals surface area contributed by atoms with Crippen molar-refractivity contribution in [2.24, 2.45) is 16.7 Å². The Labute approximate surface area is 177 Å². The number of amides is 1. The van der Waals surface area contributed by atoms with E-state index in [1.54, 1.807) is 0 Å². The first-order valence-electron chi connectivity index (χ1n) is 10.8. The van der Waals surface area contributed by atoms with Crippen LogP contribution in [0.1, 0.15) is 63.0 Å². The van der Waals surface area contributed by atoms with E-state index in [-0.39, 0.29) is 41.2 Å². The van der Waals surface area contributed by atoms with Crippen LogP contribution in [-0.4, -0.2) is 37.2 Å². The zero-order valence-corrected chi connectivity index (χ0v) is 18.4. The summed E-state index contributed by atoms with van der Waals surface area (Å²) in [6.45, 7) is 6.64. The molecule has 2 heterocycles. The predicted molar refractivity (Wildman–Crippen MR) is 111 cm³/mol. The van der Waals surface area contributed by atoms with E-state index >= 15 is 0 Å². The number of carbonyl (C=O) groups is 1. The quantitative estimate of drug-likeness (QED) is 0.639. The van der Waals surface area contributed by atoms with Crippen LogP contribution in [0.4, 0.5) is 0 Å². The summed E-state index contributed by atoms with van der Waals surface area (Å²) in [5, 5.41) is 0. The number of rotatable bonds is 1. The lowest BCUT2D eigenvalue weighted by Crippen LogP contribution is -2.45. The van der Waals surface area contributed by atoms with Crippen LogP contribution in [0.5, 0.6) is 11.5 Å². The van der Waals surface area contributed by atoms with Crippen molar-refractivity contribution in [1.29, 1.82) is 0 Å². The topological polar surface area (TPSA) is 72.9 Å². The van der Waals surface area contributed by atoms with Gasteiger partial charge < -0.3 is 9.47 Å². The van der Waals surface area contributed by atoms with Gasteiger partial charge in [0.15, 0.2) is 11.5 Å². The molecule has 0 N–H and O–H groups in total. The summed E-state index contributed by atoms with van der Waals surface area (Å²) < 4.78 is 39.0. The standard InChI is InChI=1S/C23H27NO5S/c1-13-4-5-15(17-10-19-18(9-16(13)17)28-12-29-19)21(25)24-20-8-14-6-7-23(20,22(14,2)3)11-30(24,26)27/h4-5,9-10,13-15,20H,6-8,11-12H2,1-3H3/t13-,14-,15+,20-,23-/m1/s1. The fourth-order valence-electron chi connectivity index (χ4n) is 7.05. The minimum absolute atomic E-state index is 0.0550. The Balaban J connectivity index is 1.43. The minimum atomic E-state index is -3.64. The number of carbonyl (C=O) groups excluding carboxylic acids is 1. The molecule has 2 aliphatic heterocycles.